The second-order valence-corrected chi connectivity index (χ2v) is 9.72. The van der Waals surface area contributed by atoms with E-state index >= 15 is 0 Å². The first-order chi connectivity index (χ1) is 16.3. The highest BCUT2D eigenvalue weighted by molar-refractivity contribution is 7.13. The van der Waals surface area contributed by atoms with Gasteiger partial charge in [-0.3, -0.25) is 9.59 Å². The predicted octanol–water partition coefficient (Wildman–Crippen LogP) is 4.95. The molecule has 1 fully saturated rings. The number of hydrogen-bond donors (Lipinski definition) is 1. The van der Waals surface area contributed by atoms with Crippen LogP contribution in [0.5, 0.6) is 0 Å². The third-order valence-electron chi connectivity index (χ3n) is 6.84. The van der Waals surface area contributed by atoms with Gasteiger partial charge in [-0.2, -0.15) is 4.37 Å². The van der Waals surface area contributed by atoms with Crippen molar-refractivity contribution in [2.24, 2.45) is 5.92 Å². The van der Waals surface area contributed by atoms with Crippen LogP contribution in [0.2, 0.25) is 0 Å². The summed E-state index contributed by atoms with van der Waals surface area (Å²) in [5.41, 5.74) is 5.50. The standard InChI is InChI=1S/C26H33N5O2S/c1-6-30(7-2)26(33)20-15-27-25-21(18(5)29-34-25)23(20)31-13-11-19(12-14-31)24(32)28-22-16(3)9-8-10-17(22)4/h8-10,15,19H,6-7,11-14H2,1-5H3,(H,28,32). The van der Waals surface area contributed by atoms with Gasteiger partial charge in [-0.1, -0.05) is 18.2 Å². The van der Waals surface area contributed by atoms with Gasteiger partial charge < -0.3 is 15.1 Å². The maximum Gasteiger partial charge on any atom is 0.257 e. The van der Waals surface area contributed by atoms with Crippen molar-refractivity contribution in [2.75, 3.05) is 36.4 Å². The van der Waals surface area contributed by atoms with Crippen LogP contribution in [0.1, 0.15) is 53.9 Å². The summed E-state index contributed by atoms with van der Waals surface area (Å²) in [7, 11) is 0. The fourth-order valence-electron chi connectivity index (χ4n) is 4.81. The van der Waals surface area contributed by atoms with Crippen LogP contribution in [-0.4, -0.2) is 52.3 Å². The van der Waals surface area contributed by atoms with Gasteiger partial charge in [-0.05, 0) is 70.1 Å². The molecule has 0 aliphatic carbocycles. The lowest BCUT2D eigenvalue weighted by Crippen LogP contribution is -2.40. The van der Waals surface area contributed by atoms with Gasteiger partial charge in [-0.25, -0.2) is 4.98 Å². The number of rotatable bonds is 6. The summed E-state index contributed by atoms with van der Waals surface area (Å²) in [6, 6.07) is 6.05. The Balaban J connectivity index is 1.58. The van der Waals surface area contributed by atoms with Crippen molar-refractivity contribution in [3.05, 3.63) is 46.8 Å². The summed E-state index contributed by atoms with van der Waals surface area (Å²) in [5, 5.41) is 4.12. The molecule has 180 valence electrons. The number of carbonyl (C=O) groups excluding carboxylic acids is 2. The monoisotopic (exact) mass is 479 g/mol. The average Bonchev–Trinajstić information content (AvgIpc) is 3.22. The van der Waals surface area contributed by atoms with E-state index in [0.29, 0.717) is 31.7 Å². The van der Waals surface area contributed by atoms with Crippen molar-refractivity contribution in [1.29, 1.82) is 0 Å². The number of piperidine rings is 1. The molecular weight excluding hydrogens is 446 g/mol. The molecule has 3 heterocycles. The fraction of sp³-hybridized carbons (Fsp3) is 0.462. The minimum atomic E-state index is -0.0591. The molecule has 0 bridgehead atoms. The van der Waals surface area contributed by atoms with Crippen LogP contribution in [0.25, 0.3) is 10.2 Å². The number of nitrogens with one attached hydrogen (secondary N) is 1. The minimum absolute atomic E-state index is 0.00473. The van der Waals surface area contributed by atoms with Gasteiger partial charge in [-0.15, -0.1) is 0 Å². The van der Waals surface area contributed by atoms with Crippen molar-refractivity contribution in [1.82, 2.24) is 14.3 Å². The van der Waals surface area contributed by atoms with E-state index in [2.05, 4.69) is 19.6 Å². The molecule has 3 aromatic rings. The number of pyridine rings is 1. The fourth-order valence-corrected chi connectivity index (χ4v) is 5.56. The Bertz CT molecular complexity index is 1190. The van der Waals surface area contributed by atoms with Gasteiger partial charge in [0.25, 0.3) is 5.91 Å². The van der Waals surface area contributed by atoms with Crippen LogP contribution >= 0.6 is 11.5 Å². The van der Waals surface area contributed by atoms with E-state index < -0.39 is 0 Å². The first-order valence-electron chi connectivity index (χ1n) is 12.0. The molecule has 0 atom stereocenters. The highest BCUT2D eigenvalue weighted by Gasteiger charge is 2.30. The lowest BCUT2D eigenvalue weighted by molar-refractivity contribution is -0.120. The topological polar surface area (TPSA) is 78.4 Å². The Morgan fingerprint density at radius 1 is 1.12 bits per heavy atom. The molecule has 4 rings (SSSR count). The Morgan fingerprint density at radius 2 is 1.76 bits per heavy atom. The zero-order chi connectivity index (χ0) is 24.4. The highest BCUT2D eigenvalue weighted by Crippen LogP contribution is 2.37. The molecule has 34 heavy (non-hydrogen) atoms. The van der Waals surface area contributed by atoms with Gasteiger partial charge in [0.05, 0.1) is 22.3 Å². The molecule has 7 nitrogen and oxygen atoms in total. The quantitative estimate of drug-likeness (QED) is 0.541. The molecule has 0 saturated carbocycles. The van der Waals surface area contributed by atoms with Gasteiger partial charge >= 0.3 is 0 Å². The third kappa shape index (κ3) is 4.51. The normalized spacial score (nSPS) is 14.4. The number of para-hydroxylation sites is 1. The Hall–Kier alpha value is -3.00. The molecule has 1 N–H and O–H groups in total. The van der Waals surface area contributed by atoms with Crippen molar-refractivity contribution in [2.45, 2.75) is 47.5 Å². The lowest BCUT2D eigenvalue weighted by Gasteiger charge is -2.35. The number of hydrogen-bond acceptors (Lipinski definition) is 6. The zero-order valence-corrected chi connectivity index (χ0v) is 21.5. The number of aryl methyl sites for hydroxylation is 3. The largest absolute Gasteiger partial charge is 0.370 e. The van der Waals surface area contributed by atoms with E-state index in [-0.39, 0.29) is 17.7 Å². The molecule has 1 aliphatic rings. The second-order valence-electron chi connectivity index (χ2n) is 8.96. The van der Waals surface area contributed by atoms with Crippen LogP contribution in [-0.2, 0) is 4.79 Å². The number of fused-ring (bicyclic) bond motifs is 1. The molecule has 2 amide bonds. The molecule has 2 aromatic heterocycles. The summed E-state index contributed by atoms with van der Waals surface area (Å²) in [6.45, 7) is 12.7. The van der Waals surface area contributed by atoms with E-state index in [1.807, 2.05) is 57.7 Å². The van der Waals surface area contributed by atoms with Crippen LogP contribution in [0.3, 0.4) is 0 Å². The van der Waals surface area contributed by atoms with Crippen LogP contribution in [0.15, 0.2) is 24.4 Å². The number of nitrogens with zero attached hydrogens (tertiary/aromatic N) is 4. The number of amides is 2. The Labute approximate surface area is 205 Å². The maximum atomic E-state index is 13.4. The van der Waals surface area contributed by atoms with E-state index in [1.54, 1.807) is 6.20 Å². The van der Waals surface area contributed by atoms with Gasteiger partial charge in [0.1, 0.15) is 4.83 Å². The summed E-state index contributed by atoms with van der Waals surface area (Å²) in [5.74, 6) is 0.0101. The smallest absolute Gasteiger partial charge is 0.257 e. The zero-order valence-electron chi connectivity index (χ0n) is 20.6. The van der Waals surface area contributed by atoms with E-state index in [4.69, 9.17) is 0 Å². The number of carbonyl (C=O) groups is 2. The number of benzene rings is 1. The SMILES string of the molecule is CCN(CC)C(=O)c1cnc2snc(C)c2c1N1CCC(C(=O)Nc2c(C)cccc2C)CC1. The first kappa shape index (κ1) is 24.1. The highest BCUT2D eigenvalue weighted by atomic mass is 32.1. The molecule has 0 unspecified atom stereocenters. The predicted molar refractivity (Wildman–Crippen MR) is 139 cm³/mol. The minimum Gasteiger partial charge on any atom is -0.370 e. The molecule has 1 aliphatic heterocycles. The molecule has 0 spiro atoms. The molecular formula is C26H33N5O2S. The van der Waals surface area contributed by atoms with Crippen molar-refractivity contribution in [3.8, 4) is 0 Å². The van der Waals surface area contributed by atoms with Crippen LogP contribution in [0.4, 0.5) is 11.4 Å². The van der Waals surface area contributed by atoms with Gasteiger partial charge in [0.15, 0.2) is 0 Å². The summed E-state index contributed by atoms with van der Waals surface area (Å²) in [6.07, 6.45) is 3.17. The van der Waals surface area contributed by atoms with Gasteiger partial charge in [0.2, 0.25) is 5.91 Å². The molecule has 0 radical (unpaired) electrons. The molecule has 8 heteroatoms. The lowest BCUT2D eigenvalue weighted by atomic mass is 9.94. The van der Waals surface area contributed by atoms with E-state index in [1.165, 1.54) is 11.5 Å². The van der Waals surface area contributed by atoms with Crippen LogP contribution in [0, 0.1) is 26.7 Å². The van der Waals surface area contributed by atoms with E-state index in [0.717, 1.165) is 51.3 Å². The Morgan fingerprint density at radius 3 is 2.38 bits per heavy atom. The number of aromatic nitrogens is 2. The first-order valence-corrected chi connectivity index (χ1v) is 12.8. The van der Waals surface area contributed by atoms with Crippen molar-refractivity contribution >= 4 is 44.9 Å². The Kier molecular flexibility index (Phi) is 7.16. The molecule has 1 aromatic carbocycles. The van der Waals surface area contributed by atoms with Crippen molar-refractivity contribution in [3.63, 3.8) is 0 Å². The van der Waals surface area contributed by atoms with E-state index in [9.17, 15) is 9.59 Å². The average molecular weight is 480 g/mol. The maximum absolute atomic E-state index is 13.4. The second kappa shape index (κ2) is 10.1. The third-order valence-corrected chi connectivity index (χ3v) is 7.69. The van der Waals surface area contributed by atoms with Gasteiger partial charge in [0, 0.05) is 44.0 Å². The summed E-state index contributed by atoms with van der Waals surface area (Å²) in [4.78, 5) is 35.9. The van der Waals surface area contributed by atoms with Crippen molar-refractivity contribution < 1.29 is 9.59 Å². The number of anilines is 2. The summed E-state index contributed by atoms with van der Waals surface area (Å²) >= 11 is 1.36. The summed E-state index contributed by atoms with van der Waals surface area (Å²) < 4.78 is 4.51. The molecule has 1 saturated heterocycles. The van der Waals surface area contributed by atoms with Crippen LogP contribution < -0.4 is 10.2 Å².